The topological polar surface area (TPSA) is 30.3 Å². The van der Waals surface area contributed by atoms with Crippen LogP contribution in [0.4, 0.5) is 0 Å². The molecule has 0 N–H and O–H groups in total. The van der Waals surface area contributed by atoms with Gasteiger partial charge in [-0.15, -0.1) is 0 Å². The summed E-state index contributed by atoms with van der Waals surface area (Å²) in [5.41, 5.74) is 2.67. The maximum Gasteiger partial charge on any atom is 0.118 e. The predicted octanol–water partition coefficient (Wildman–Crippen LogP) is 2.77. The van der Waals surface area contributed by atoms with E-state index in [2.05, 4.69) is 40.5 Å². The van der Waals surface area contributed by atoms with Gasteiger partial charge in [-0.2, -0.15) is 5.10 Å². The van der Waals surface area contributed by atoms with E-state index < -0.39 is 0 Å². The number of hydrogen-bond acceptors (Lipinski definition) is 3. The lowest BCUT2D eigenvalue weighted by Crippen LogP contribution is -2.22. The molecule has 0 unspecified atom stereocenters. The Bertz CT molecular complexity index is 561. The zero-order chi connectivity index (χ0) is 13.9. The van der Waals surface area contributed by atoms with E-state index in [1.54, 1.807) is 7.11 Å². The Morgan fingerprint density at radius 2 is 2.10 bits per heavy atom. The summed E-state index contributed by atoms with van der Waals surface area (Å²) in [6.45, 7) is 2.14. The molecule has 4 heteroatoms. The fraction of sp³-hybridized carbons (Fsp3) is 0.438. The smallest absolute Gasteiger partial charge is 0.118 e. The van der Waals surface area contributed by atoms with Gasteiger partial charge in [0.05, 0.1) is 13.3 Å². The summed E-state index contributed by atoms with van der Waals surface area (Å²) in [5.74, 6) is 0.922. The van der Waals surface area contributed by atoms with Crippen LogP contribution in [-0.2, 0) is 13.6 Å². The Balaban J connectivity index is 1.74. The lowest BCUT2D eigenvalue weighted by Gasteiger charge is -2.24. The van der Waals surface area contributed by atoms with Crippen molar-refractivity contribution in [2.75, 3.05) is 13.7 Å². The normalized spacial score (nSPS) is 19.4. The molecule has 20 heavy (non-hydrogen) atoms. The fourth-order valence-electron chi connectivity index (χ4n) is 3.01. The highest BCUT2D eigenvalue weighted by Gasteiger charge is 2.26. The molecule has 1 aliphatic heterocycles. The molecule has 1 atom stereocenters. The van der Waals surface area contributed by atoms with Gasteiger partial charge < -0.3 is 4.74 Å². The average molecular weight is 271 g/mol. The van der Waals surface area contributed by atoms with Crippen LogP contribution in [0.1, 0.15) is 30.0 Å². The van der Waals surface area contributed by atoms with Crippen LogP contribution in [0.5, 0.6) is 5.75 Å². The minimum Gasteiger partial charge on any atom is -0.497 e. The van der Waals surface area contributed by atoms with Crippen molar-refractivity contribution < 1.29 is 4.74 Å². The van der Waals surface area contributed by atoms with Crippen molar-refractivity contribution in [3.8, 4) is 5.75 Å². The molecular formula is C16H21N3O. The van der Waals surface area contributed by atoms with E-state index in [1.165, 1.54) is 24.0 Å². The van der Waals surface area contributed by atoms with E-state index in [0.29, 0.717) is 6.04 Å². The number of methoxy groups -OCH3 is 1. The van der Waals surface area contributed by atoms with E-state index in [0.717, 1.165) is 18.8 Å². The molecule has 0 spiro atoms. The summed E-state index contributed by atoms with van der Waals surface area (Å²) < 4.78 is 7.10. The molecule has 106 valence electrons. The summed E-state index contributed by atoms with van der Waals surface area (Å²) in [5, 5.41) is 4.25. The first-order chi connectivity index (χ1) is 9.76. The molecule has 1 saturated heterocycles. The van der Waals surface area contributed by atoms with Gasteiger partial charge in [0.2, 0.25) is 0 Å². The number of rotatable bonds is 4. The largest absolute Gasteiger partial charge is 0.497 e. The molecule has 2 heterocycles. The van der Waals surface area contributed by atoms with Gasteiger partial charge in [0.15, 0.2) is 0 Å². The van der Waals surface area contributed by atoms with Crippen LogP contribution < -0.4 is 4.74 Å². The number of hydrogen-bond donors (Lipinski definition) is 0. The summed E-state index contributed by atoms with van der Waals surface area (Å²) in [6.07, 6.45) is 6.55. The second-order valence-electron chi connectivity index (χ2n) is 5.42. The molecule has 3 rings (SSSR count). The van der Waals surface area contributed by atoms with Crippen molar-refractivity contribution in [3.05, 3.63) is 47.8 Å². The monoisotopic (exact) mass is 271 g/mol. The molecule has 0 radical (unpaired) electrons. The Morgan fingerprint density at radius 3 is 2.75 bits per heavy atom. The molecule has 1 aliphatic rings. The van der Waals surface area contributed by atoms with Crippen molar-refractivity contribution in [1.29, 1.82) is 0 Å². The van der Waals surface area contributed by atoms with Gasteiger partial charge in [0.1, 0.15) is 5.75 Å². The van der Waals surface area contributed by atoms with E-state index in [-0.39, 0.29) is 0 Å². The van der Waals surface area contributed by atoms with Crippen LogP contribution in [0.3, 0.4) is 0 Å². The molecule has 1 aromatic carbocycles. The van der Waals surface area contributed by atoms with E-state index in [4.69, 9.17) is 4.74 Å². The number of nitrogens with zero attached hydrogens (tertiary/aromatic N) is 3. The molecule has 0 bridgehead atoms. The standard InChI is InChI=1S/C16H21N3O/c1-18-11-13(10-17-18)12-19-9-3-4-16(19)14-5-7-15(20-2)8-6-14/h5-8,10-11,16H,3-4,9,12H2,1-2H3/t16-/m0/s1. The Hall–Kier alpha value is -1.81. The third-order valence-electron chi connectivity index (χ3n) is 4.01. The quantitative estimate of drug-likeness (QED) is 0.856. The van der Waals surface area contributed by atoms with Crippen molar-refractivity contribution in [3.63, 3.8) is 0 Å². The van der Waals surface area contributed by atoms with Gasteiger partial charge in [-0.3, -0.25) is 9.58 Å². The molecule has 1 aromatic heterocycles. The number of benzene rings is 1. The maximum atomic E-state index is 5.23. The molecule has 4 nitrogen and oxygen atoms in total. The molecule has 0 aliphatic carbocycles. The van der Waals surface area contributed by atoms with E-state index in [9.17, 15) is 0 Å². The zero-order valence-electron chi connectivity index (χ0n) is 12.1. The lowest BCUT2D eigenvalue weighted by atomic mass is 10.0. The van der Waals surface area contributed by atoms with Crippen LogP contribution in [0.25, 0.3) is 0 Å². The number of ether oxygens (including phenoxy) is 1. The first-order valence-electron chi connectivity index (χ1n) is 7.12. The second kappa shape index (κ2) is 5.67. The molecule has 1 fully saturated rings. The summed E-state index contributed by atoms with van der Waals surface area (Å²) in [7, 11) is 3.67. The van der Waals surface area contributed by atoms with Gasteiger partial charge in [-0.05, 0) is 37.1 Å². The number of aryl methyl sites for hydroxylation is 1. The third kappa shape index (κ3) is 2.70. The van der Waals surface area contributed by atoms with Crippen LogP contribution >= 0.6 is 0 Å². The van der Waals surface area contributed by atoms with Crippen LogP contribution in [-0.4, -0.2) is 28.3 Å². The highest BCUT2D eigenvalue weighted by atomic mass is 16.5. The summed E-state index contributed by atoms with van der Waals surface area (Å²) in [6, 6.07) is 8.99. The number of aromatic nitrogens is 2. The van der Waals surface area contributed by atoms with Crippen molar-refractivity contribution >= 4 is 0 Å². The highest BCUT2D eigenvalue weighted by molar-refractivity contribution is 5.29. The van der Waals surface area contributed by atoms with Crippen LogP contribution in [0, 0.1) is 0 Å². The first kappa shape index (κ1) is 13.2. The van der Waals surface area contributed by atoms with E-state index in [1.807, 2.05) is 17.9 Å². The highest BCUT2D eigenvalue weighted by Crippen LogP contribution is 2.33. The second-order valence-corrected chi connectivity index (χ2v) is 5.42. The minimum atomic E-state index is 0.515. The molecular weight excluding hydrogens is 250 g/mol. The first-order valence-corrected chi connectivity index (χ1v) is 7.12. The van der Waals surface area contributed by atoms with Gasteiger partial charge in [-0.1, -0.05) is 12.1 Å². The maximum absolute atomic E-state index is 5.23. The zero-order valence-corrected chi connectivity index (χ0v) is 12.1. The fourth-order valence-corrected chi connectivity index (χ4v) is 3.01. The summed E-state index contributed by atoms with van der Waals surface area (Å²) >= 11 is 0. The minimum absolute atomic E-state index is 0.515. The third-order valence-corrected chi connectivity index (χ3v) is 4.01. The van der Waals surface area contributed by atoms with Crippen LogP contribution in [0.2, 0.25) is 0 Å². The van der Waals surface area contributed by atoms with Crippen LogP contribution in [0.15, 0.2) is 36.7 Å². The molecule has 2 aromatic rings. The lowest BCUT2D eigenvalue weighted by molar-refractivity contribution is 0.248. The van der Waals surface area contributed by atoms with Crippen molar-refractivity contribution in [1.82, 2.24) is 14.7 Å². The Morgan fingerprint density at radius 1 is 1.30 bits per heavy atom. The van der Waals surface area contributed by atoms with Gasteiger partial charge >= 0.3 is 0 Å². The SMILES string of the molecule is COc1ccc([C@@H]2CCCN2Cc2cnn(C)c2)cc1. The van der Waals surface area contributed by atoms with Crippen molar-refractivity contribution in [2.45, 2.75) is 25.4 Å². The van der Waals surface area contributed by atoms with Gasteiger partial charge in [0.25, 0.3) is 0 Å². The van der Waals surface area contributed by atoms with Gasteiger partial charge in [0, 0.05) is 31.4 Å². The predicted molar refractivity (Wildman–Crippen MR) is 78.6 cm³/mol. The molecule has 0 saturated carbocycles. The van der Waals surface area contributed by atoms with Gasteiger partial charge in [-0.25, -0.2) is 0 Å². The van der Waals surface area contributed by atoms with Crippen molar-refractivity contribution in [2.24, 2.45) is 7.05 Å². The summed E-state index contributed by atoms with van der Waals surface area (Å²) in [4.78, 5) is 2.54. The molecule has 0 amide bonds. The van der Waals surface area contributed by atoms with E-state index >= 15 is 0 Å². The Labute approximate surface area is 120 Å². The Kier molecular flexibility index (Phi) is 3.74. The average Bonchev–Trinajstić information content (AvgIpc) is 3.09. The number of likely N-dealkylation sites (tertiary alicyclic amines) is 1.